The van der Waals surface area contributed by atoms with E-state index < -0.39 is 5.92 Å². The highest BCUT2D eigenvalue weighted by Gasteiger charge is 2.37. The Morgan fingerprint density at radius 1 is 1.12 bits per heavy atom. The molecule has 0 unspecified atom stereocenters. The molecule has 4 heterocycles. The molecule has 202 valence electrons. The highest BCUT2D eigenvalue weighted by molar-refractivity contribution is 5.94. The second-order valence-electron chi connectivity index (χ2n) is 10.0. The standard InChI is InChI=1S/C31H27F3N6/c1-3-26-24(13-19(2)21-14-20(15-35-16-21)17-40-12-11-31(33,34)18-40)29(39-38-26)30-36-27-10-6-8-23(28(27)37-30)22-7-4-5-9-25(22)32/h3-10,13-16,38H,2,11-12,17-18H2,1H3,(H,36,37)/b24-13+,26-3+. The van der Waals surface area contributed by atoms with Gasteiger partial charge in [-0.25, -0.2) is 18.2 Å². The molecule has 0 radical (unpaired) electrons. The quantitative estimate of drug-likeness (QED) is 0.307. The second-order valence-corrected chi connectivity index (χ2v) is 10.0. The number of fused-ring (bicyclic) bond motifs is 1. The fraction of sp³-hybridized carbons (Fsp3) is 0.194. The minimum Gasteiger partial charge on any atom is -0.337 e. The van der Waals surface area contributed by atoms with Crippen LogP contribution in [-0.2, 0) is 6.54 Å². The molecule has 3 aromatic heterocycles. The summed E-state index contributed by atoms with van der Waals surface area (Å²) in [6, 6.07) is 14.2. The van der Waals surface area contributed by atoms with Crippen LogP contribution in [0.1, 0.15) is 24.5 Å². The number of aromatic nitrogens is 5. The molecule has 5 aromatic rings. The highest BCUT2D eigenvalue weighted by Crippen LogP contribution is 2.31. The van der Waals surface area contributed by atoms with Gasteiger partial charge < -0.3 is 4.98 Å². The number of rotatable bonds is 6. The van der Waals surface area contributed by atoms with E-state index in [-0.39, 0.29) is 18.8 Å². The van der Waals surface area contributed by atoms with E-state index in [1.165, 1.54) is 6.07 Å². The molecule has 0 amide bonds. The molecule has 0 aliphatic carbocycles. The zero-order valence-electron chi connectivity index (χ0n) is 21.9. The van der Waals surface area contributed by atoms with Crippen molar-refractivity contribution < 1.29 is 13.2 Å². The van der Waals surface area contributed by atoms with Gasteiger partial charge in [0.25, 0.3) is 5.92 Å². The van der Waals surface area contributed by atoms with Crippen molar-refractivity contribution in [2.75, 3.05) is 13.1 Å². The average molecular weight is 541 g/mol. The van der Waals surface area contributed by atoms with Gasteiger partial charge in [0.2, 0.25) is 0 Å². The van der Waals surface area contributed by atoms with Crippen molar-refractivity contribution in [1.82, 2.24) is 30.0 Å². The molecule has 6 rings (SSSR count). The third-order valence-corrected chi connectivity index (χ3v) is 7.16. The topological polar surface area (TPSA) is 73.5 Å². The number of imidazole rings is 1. The van der Waals surface area contributed by atoms with Crippen LogP contribution in [0.25, 0.3) is 51.4 Å². The van der Waals surface area contributed by atoms with Crippen molar-refractivity contribution in [3.05, 3.63) is 95.0 Å². The van der Waals surface area contributed by atoms with Crippen molar-refractivity contribution in [3.8, 4) is 22.6 Å². The van der Waals surface area contributed by atoms with Gasteiger partial charge in [-0.3, -0.25) is 15.0 Å². The summed E-state index contributed by atoms with van der Waals surface area (Å²) in [5, 5.41) is 9.15. The van der Waals surface area contributed by atoms with Crippen LogP contribution in [-0.4, -0.2) is 49.1 Å². The maximum Gasteiger partial charge on any atom is 0.261 e. The molecule has 6 nitrogen and oxygen atoms in total. The number of benzene rings is 2. The molecular weight excluding hydrogens is 513 g/mol. The van der Waals surface area contributed by atoms with E-state index >= 15 is 0 Å². The summed E-state index contributed by atoms with van der Waals surface area (Å²) >= 11 is 0. The maximum absolute atomic E-state index is 14.6. The van der Waals surface area contributed by atoms with Crippen molar-refractivity contribution in [2.45, 2.75) is 25.8 Å². The predicted molar refractivity (Wildman–Crippen MR) is 151 cm³/mol. The highest BCUT2D eigenvalue weighted by atomic mass is 19.3. The summed E-state index contributed by atoms with van der Waals surface area (Å²) in [5.74, 6) is -2.43. The lowest BCUT2D eigenvalue weighted by Gasteiger charge is -2.15. The number of pyridine rings is 1. The van der Waals surface area contributed by atoms with Gasteiger partial charge in [-0.2, -0.15) is 5.10 Å². The summed E-state index contributed by atoms with van der Waals surface area (Å²) in [6.45, 7) is 6.67. The molecule has 2 N–H and O–H groups in total. The molecule has 0 atom stereocenters. The van der Waals surface area contributed by atoms with Crippen LogP contribution in [0.15, 0.2) is 67.5 Å². The monoisotopic (exact) mass is 540 g/mol. The Morgan fingerprint density at radius 3 is 2.73 bits per heavy atom. The Balaban J connectivity index is 1.37. The molecule has 2 aromatic carbocycles. The molecule has 0 saturated carbocycles. The Labute approximate surface area is 228 Å². The summed E-state index contributed by atoms with van der Waals surface area (Å²) in [6.07, 6.45) is 7.10. The van der Waals surface area contributed by atoms with Crippen molar-refractivity contribution in [1.29, 1.82) is 0 Å². The molecule has 40 heavy (non-hydrogen) atoms. The molecular formula is C31H27F3N6. The van der Waals surface area contributed by atoms with E-state index in [0.29, 0.717) is 46.8 Å². The number of allylic oxidation sites excluding steroid dienone is 1. The summed E-state index contributed by atoms with van der Waals surface area (Å²) in [7, 11) is 0. The van der Waals surface area contributed by atoms with Crippen LogP contribution in [0.4, 0.5) is 13.2 Å². The first kappa shape index (κ1) is 25.8. The van der Waals surface area contributed by atoms with Crippen LogP contribution in [0, 0.1) is 5.82 Å². The third kappa shape index (κ3) is 4.96. The lowest BCUT2D eigenvalue weighted by molar-refractivity contribution is 0.0115. The van der Waals surface area contributed by atoms with Crippen molar-refractivity contribution >= 4 is 28.8 Å². The number of hydrogen-bond acceptors (Lipinski definition) is 4. The fourth-order valence-electron chi connectivity index (χ4n) is 5.16. The Morgan fingerprint density at radius 2 is 1.95 bits per heavy atom. The van der Waals surface area contributed by atoms with Crippen molar-refractivity contribution in [2.24, 2.45) is 0 Å². The lowest BCUT2D eigenvalue weighted by atomic mass is 10.0. The van der Waals surface area contributed by atoms with Gasteiger partial charge in [-0.05, 0) is 47.9 Å². The largest absolute Gasteiger partial charge is 0.337 e. The minimum atomic E-state index is -2.64. The molecule has 1 aliphatic heterocycles. The van der Waals surface area contributed by atoms with Gasteiger partial charge in [0.15, 0.2) is 5.82 Å². The predicted octanol–water partition coefficient (Wildman–Crippen LogP) is 5.29. The van der Waals surface area contributed by atoms with E-state index in [9.17, 15) is 13.2 Å². The second kappa shape index (κ2) is 10.2. The summed E-state index contributed by atoms with van der Waals surface area (Å²) < 4.78 is 41.9. The number of nitrogens with one attached hydrogen (secondary N) is 2. The average Bonchev–Trinajstić information content (AvgIpc) is 3.65. The molecule has 0 spiro atoms. The SMILES string of the molecule is C=C(/C=c1/c(-c2nc3c(-c4ccccc4F)cccc3[nH]2)n[nH]/c1=C/C)c1cncc(CN2CCC(F)(F)C2)c1. The zero-order valence-corrected chi connectivity index (χ0v) is 21.9. The van der Waals surface area contributed by atoms with Crippen LogP contribution < -0.4 is 10.6 Å². The van der Waals surface area contributed by atoms with Gasteiger partial charge in [-0.1, -0.05) is 43.0 Å². The Kier molecular flexibility index (Phi) is 6.59. The van der Waals surface area contributed by atoms with E-state index in [4.69, 9.17) is 4.98 Å². The van der Waals surface area contributed by atoms with Crippen LogP contribution in [0.3, 0.4) is 0 Å². The van der Waals surface area contributed by atoms with E-state index in [0.717, 1.165) is 27.2 Å². The van der Waals surface area contributed by atoms with Gasteiger partial charge >= 0.3 is 0 Å². The van der Waals surface area contributed by atoms with Gasteiger partial charge in [-0.15, -0.1) is 0 Å². The number of hydrogen-bond donors (Lipinski definition) is 2. The normalized spacial score (nSPS) is 16.3. The number of alkyl halides is 2. The summed E-state index contributed by atoms with van der Waals surface area (Å²) in [5.41, 5.74) is 5.46. The fourth-order valence-corrected chi connectivity index (χ4v) is 5.16. The summed E-state index contributed by atoms with van der Waals surface area (Å²) in [4.78, 5) is 14.2. The van der Waals surface area contributed by atoms with Crippen LogP contribution in [0.5, 0.6) is 0 Å². The first-order chi connectivity index (χ1) is 19.3. The number of para-hydroxylation sites is 1. The van der Waals surface area contributed by atoms with Gasteiger partial charge in [0, 0.05) is 48.2 Å². The molecule has 1 saturated heterocycles. The molecule has 0 bridgehead atoms. The zero-order chi connectivity index (χ0) is 27.9. The van der Waals surface area contributed by atoms with E-state index in [1.807, 2.05) is 43.3 Å². The number of likely N-dealkylation sites (tertiary alicyclic amines) is 1. The maximum atomic E-state index is 14.6. The van der Waals surface area contributed by atoms with Crippen LogP contribution >= 0.6 is 0 Å². The first-order valence-corrected chi connectivity index (χ1v) is 13.0. The molecule has 9 heteroatoms. The van der Waals surface area contributed by atoms with Crippen molar-refractivity contribution in [3.63, 3.8) is 0 Å². The molecule has 1 fully saturated rings. The lowest BCUT2D eigenvalue weighted by Crippen LogP contribution is -2.25. The number of halogens is 3. The number of nitrogens with zero attached hydrogens (tertiary/aromatic N) is 4. The minimum absolute atomic E-state index is 0.121. The Bertz CT molecular complexity index is 1850. The van der Waals surface area contributed by atoms with E-state index in [2.05, 4.69) is 26.7 Å². The van der Waals surface area contributed by atoms with Gasteiger partial charge in [0.05, 0.1) is 22.9 Å². The first-order valence-electron chi connectivity index (χ1n) is 13.0. The van der Waals surface area contributed by atoms with Crippen LogP contribution in [0.2, 0.25) is 0 Å². The smallest absolute Gasteiger partial charge is 0.261 e. The molecule has 1 aliphatic rings. The third-order valence-electron chi connectivity index (χ3n) is 7.16. The Hall–Kier alpha value is -4.50. The van der Waals surface area contributed by atoms with Gasteiger partial charge in [0.1, 0.15) is 11.5 Å². The number of H-pyrrole nitrogens is 2. The van der Waals surface area contributed by atoms with E-state index in [1.54, 1.807) is 35.5 Å². The number of aromatic amines is 2.